The Morgan fingerprint density at radius 2 is 2.11 bits per heavy atom. The van der Waals surface area contributed by atoms with Crippen LogP contribution in [0.4, 0.5) is 4.39 Å². The Balaban J connectivity index is 2.07. The number of hydrogen-bond acceptors (Lipinski definition) is 3. The van der Waals surface area contributed by atoms with Crippen LogP contribution in [-0.4, -0.2) is 5.11 Å². The third-order valence-electron chi connectivity index (χ3n) is 2.98. The van der Waals surface area contributed by atoms with E-state index >= 15 is 0 Å². The number of halogens is 1. The van der Waals surface area contributed by atoms with Crippen LogP contribution in [-0.2, 0) is 6.54 Å². The third-order valence-corrected chi connectivity index (χ3v) is 3.94. The molecule has 0 saturated carbocycles. The topological polar surface area (TPSA) is 32.3 Å². The molecule has 1 aromatic carbocycles. The van der Waals surface area contributed by atoms with Gasteiger partial charge in [-0.2, -0.15) is 0 Å². The van der Waals surface area contributed by atoms with E-state index in [0.717, 1.165) is 11.6 Å². The zero-order valence-corrected chi connectivity index (χ0v) is 11.9. The lowest BCUT2D eigenvalue weighted by Crippen LogP contribution is -2.24. The number of benzene rings is 1. The average molecular weight is 279 g/mol. The van der Waals surface area contributed by atoms with Crippen LogP contribution in [0, 0.1) is 11.7 Å². The van der Waals surface area contributed by atoms with Gasteiger partial charge in [-0.25, -0.2) is 4.39 Å². The molecule has 0 aliphatic carbocycles. The highest BCUT2D eigenvalue weighted by Crippen LogP contribution is 2.26. The zero-order valence-electron chi connectivity index (χ0n) is 11.1. The predicted molar refractivity (Wildman–Crippen MR) is 76.8 cm³/mol. The molecule has 0 aliphatic heterocycles. The van der Waals surface area contributed by atoms with E-state index in [4.69, 9.17) is 0 Å². The molecule has 1 heterocycles. The summed E-state index contributed by atoms with van der Waals surface area (Å²) in [5.41, 5.74) is 0.750. The highest BCUT2D eigenvalue weighted by atomic mass is 32.1. The third kappa shape index (κ3) is 3.78. The fraction of sp³-hybridized carbons (Fsp3) is 0.333. The van der Waals surface area contributed by atoms with E-state index in [1.807, 2.05) is 6.07 Å². The standard InChI is InChI=1S/C15H18FNOS/c1-10(2)15(14-4-3-5-19-14)17-9-11-6-12(16)8-13(18)7-11/h3-8,10,15,17-18H,9H2,1-2H3. The van der Waals surface area contributed by atoms with Crippen LogP contribution in [0.15, 0.2) is 35.7 Å². The van der Waals surface area contributed by atoms with Crippen molar-refractivity contribution < 1.29 is 9.50 Å². The maximum Gasteiger partial charge on any atom is 0.127 e. The highest BCUT2D eigenvalue weighted by Gasteiger charge is 2.16. The first kappa shape index (κ1) is 14.0. The molecule has 19 heavy (non-hydrogen) atoms. The number of rotatable bonds is 5. The van der Waals surface area contributed by atoms with Crippen molar-refractivity contribution in [2.75, 3.05) is 0 Å². The van der Waals surface area contributed by atoms with Crippen molar-refractivity contribution in [3.63, 3.8) is 0 Å². The van der Waals surface area contributed by atoms with E-state index in [0.29, 0.717) is 12.5 Å². The summed E-state index contributed by atoms with van der Waals surface area (Å²) < 4.78 is 13.2. The molecular formula is C15H18FNOS. The smallest absolute Gasteiger partial charge is 0.127 e. The van der Waals surface area contributed by atoms with Gasteiger partial charge in [0, 0.05) is 23.5 Å². The Hall–Kier alpha value is -1.39. The summed E-state index contributed by atoms with van der Waals surface area (Å²) >= 11 is 1.71. The Morgan fingerprint density at radius 3 is 2.68 bits per heavy atom. The normalized spacial score (nSPS) is 12.8. The van der Waals surface area contributed by atoms with E-state index < -0.39 is 5.82 Å². The molecule has 0 amide bonds. The van der Waals surface area contributed by atoms with Crippen LogP contribution >= 0.6 is 11.3 Å². The van der Waals surface area contributed by atoms with Crippen molar-refractivity contribution in [3.8, 4) is 5.75 Å². The molecule has 1 unspecified atom stereocenters. The summed E-state index contributed by atoms with van der Waals surface area (Å²) in [5.74, 6) is 0.00356. The van der Waals surface area contributed by atoms with E-state index in [9.17, 15) is 9.50 Å². The molecule has 0 radical (unpaired) electrons. The number of hydrogen-bond donors (Lipinski definition) is 2. The van der Waals surface area contributed by atoms with Crippen molar-refractivity contribution in [3.05, 3.63) is 52.0 Å². The first-order valence-electron chi connectivity index (χ1n) is 6.31. The lowest BCUT2D eigenvalue weighted by Gasteiger charge is -2.21. The quantitative estimate of drug-likeness (QED) is 0.864. The predicted octanol–water partition coefficient (Wildman–Crippen LogP) is 4.08. The zero-order chi connectivity index (χ0) is 13.8. The number of phenolic OH excluding ortho intramolecular Hbond substituents is 1. The summed E-state index contributed by atoms with van der Waals surface area (Å²) in [7, 11) is 0. The molecule has 0 saturated heterocycles. The SMILES string of the molecule is CC(C)C(NCc1cc(O)cc(F)c1)c1cccs1. The van der Waals surface area contributed by atoms with E-state index in [1.54, 1.807) is 17.4 Å². The van der Waals surface area contributed by atoms with Gasteiger partial charge in [-0.15, -0.1) is 11.3 Å². The molecule has 4 heteroatoms. The summed E-state index contributed by atoms with van der Waals surface area (Å²) in [4.78, 5) is 1.27. The molecule has 0 spiro atoms. The van der Waals surface area contributed by atoms with Gasteiger partial charge in [0.05, 0.1) is 0 Å². The molecule has 0 fully saturated rings. The number of nitrogens with one attached hydrogen (secondary N) is 1. The van der Waals surface area contributed by atoms with Gasteiger partial charge >= 0.3 is 0 Å². The fourth-order valence-corrected chi connectivity index (χ4v) is 3.07. The van der Waals surface area contributed by atoms with Gasteiger partial charge in [0.2, 0.25) is 0 Å². The van der Waals surface area contributed by atoms with E-state index in [2.05, 4.69) is 30.6 Å². The maximum absolute atomic E-state index is 13.2. The maximum atomic E-state index is 13.2. The van der Waals surface area contributed by atoms with Crippen LogP contribution in [0.5, 0.6) is 5.75 Å². The number of thiophene rings is 1. The molecule has 1 aromatic heterocycles. The van der Waals surface area contributed by atoms with Gasteiger partial charge in [-0.1, -0.05) is 19.9 Å². The van der Waals surface area contributed by atoms with Gasteiger partial charge in [-0.3, -0.25) is 0 Å². The van der Waals surface area contributed by atoms with Gasteiger partial charge in [0.1, 0.15) is 11.6 Å². The van der Waals surface area contributed by atoms with Crippen LogP contribution in [0.1, 0.15) is 30.3 Å². The van der Waals surface area contributed by atoms with Gasteiger partial charge in [0.15, 0.2) is 0 Å². The van der Waals surface area contributed by atoms with E-state index in [-0.39, 0.29) is 11.8 Å². The number of phenols is 1. The monoisotopic (exact) mass is 279 g/mol. The number of aromatic hydroxyl groups is 1. The van der Waals surface area contributed by atoms with Crippen LogP contribution < -0.4 is 5.32 Å². The lowest BCUT2D eigenvalue weighted by atomic mass is 10.0. The molecule has 0 aliphatic rings. The Bertz CT molecular complexity index is 505. The molecular weight excluding hydrogens is 261 g/mol. The van der Waals surface area contributed by atoms with Gasteiger partial charge < -0.3 is 10.4 Å². The molecule has 1 atom stereocenters. The molecule has 2 aromatic rings. The van der Waals surface area contributed by atoms with E-state index in [1.165, 1.54) is 10.9 Å². The summed E-state index contributed by atoms with van der Waals surface area (Å²) in [6.45, 7) is 4.84. The summed E-state index contributed by atoms with van der Waals surface area (Å²) in [6.07, 6.45) is 0. The van der Waals surface area contributed by atoms with Gasteiger partial charge in [0.25, 0.3) is 0 Å². The fourth-order valence-electron chi connectivity index (χ4n) is 2.10. The lowest BCUT2D eigenvalue weighted by molar-refractivity contribution is 0.414. The molecule has 0 bridgehead atoms. The van der Waals surface area contributed by atoms with Crippen LogP contribution in [0.3, 0.4) is 0 Å². The Kier molecular flexibility index (Phi) is 4.56. The highest BCUT2D eigenvalue weighted by molar-refractivity contribution is 7.10. The molecule has 2 nitrogen and oxygen atoms in total. The minimum absolute atomic E-state index is 0.0333. The summed E-state index contributed by atoms with van der Waals surface area (Å²) in [6, 6.07) is 8.52. The second-order valence-electron chi connectivity index (χ2n) is 4.94. The van der Waals surface area contributed by atoms with Crippen molar-refractivity contribution in [1.82, 2.24) is 5.32 Å². The Labute approximate surface area is 116 Å². The molecule has 102 valence electrons. The van der Waals surface area contributed by atoms with Crippen molar-refractivity contribution in [2.24, 2.45) is 5.92 Å². The van der Waals surface area contributed by atoms with Crippen molar-refractivity contribution >= 4 is 11.3 Å². The van der Waals surface area contributed by atoms with Gasteiger partial charge in [-0.05, 0) is 35.1 Å². The minimum Gasteiger partial charge on any atom is -0.508 e. The average Bonchev–Trinajstić information content (AvgIpc) is 2.81. The second-order valence-corrected chi connectivity index (χ2v) is 5.91. The minimum atomic E-state index is -0.408. The first-order chi connectivity index (χ1) is 9.06. The Morgan fingerprint density at radius 1 is 1.32 bits per heavy atom. The molecule has 2 N–H and O–H groups in total. The summed E-state index contributed by atoms with van der Waals surface area (Å²) in [5, 5.41) is 14.9. The second kappa shape index (κ2) is 6.17. The van der Waals surface area contributed by atoms with Crippen LogP contribution in [0.2, 0.25) is 0 Å². The van der Waals surface area contributed by atoms with Crippen LogP contribution in [0.25, 0.3) is 0 Å². The molecule has 2 rings (SSSR count). The van der Waals surface area contributed by atoms with Crippen molar-refractivity contribution in [1.29, 1.82) is 0 Å². The first-order valence-corrected chi connectivity index (χ1v) is 7.19. The largest absolute Gasteiger partial charge is 0.508 e. The van der Waals surface area contributed by atoms with Crippen molar-refractivity contribution in [2.45, 2.75) is 26.4 Å².